The maximum Gasteiger partial charge on any atom is -0.00368 e. The van der Waals surface area contributed by atoms with Gasteiger partial charge in [0, 0.05) is 0 Å². The predicted molar refractivity (Wildman–Crippen MR) is 149 cm³/mol. The monoisotopic (exact) mass is 484 g/mol. The Morgan fingerprint density at radius 1 is 0.147 bits per heavy atom. The predicted octanol–water partition coefficient (Wildman–Crippen LogP) is 0.618. The Morgan fingerprint density at radius 3 is 0.412 bits per heavy atom. The average molecular weight is 485 g/mol. The number of hydrogen-bond donors (Lipinski definition) is 8. The molecule has 2 fully saturated rings. The number of rotatable bonds is 0. The summed E-state index contributed by atoms with van der Waals surface area (Å²) in [6.07, 6.45) is 12.6. The summed E-state index contributed by atoms with van der Waals surface area (Å²) in [5, 5.41) is 27.9. The summed E-state index contributed by atoms with van der Waals surface area (Å²) in [7, 11) is 0. The van der Waals surface area contributed by atoms with Crippen LogP contribution in [0.1, 0.15) is 64.2 Å². The number of hydrogen-bond acceptors (Lipinski definition) is 8. The van der Waals surface area contributed by atoms with Crippen LogP contribution in [0.25, 0.3) is 0 Å². The zero-order valence-electron chi connectivity index (χ0n) is 22.4. The third-order valence-corrected chi connectivity index (χ3v) is 6.16. The van der Waals surface area contributed by atoms with Gasteiger partial charge in [0.05, 0.1) is 0 Å². The van der Waals surface area contributed by atoms with E-state index in [1.54, 1.807) is 0 Å². The van der Waals surface area contributed by atoms with E-state index in [4.69, 9.17) is 0 Å². The van der Waals surface area contributed by atoms with Gasteiger partial charge in [0.2, 0.25) is 0 Å². The molecule has 0 aromatic rings. The first-order valence-corrected chi connectivity index (χ1v) is 14.7. The second-order valence-corrected chi connectivity index (χ2v) is 9.54. The lowest BCUT2D eigenvalue weighted by molar-refractivity contribution is 0.525. The fraction of sp³-hybridized carbons (Fsp3) is 1.00. The van der Waals surface area contributed by atoms with Gasteiger partial charge in [-0.15, -0.1) is 0 Å². The number of nitrogens with one attached hydrogen (secondary N) is 8. The highest BCUT2D eigenvalue weighted by Gasteiger charge is 1.95. The van der Waals surface area contributed by atoms with Gasteiger partial charge in [0.15, 0.2) is 0 Å². The lowest BCUT2D eigenvalue weighted by Crippen LogP contribution is -2.29. The molecule has 0 aliphatic carbocycles. The summed E-state index contributed by atoms with van der Waals surface area (Å²) >= 11 is 0. The van der Waals surface area contributed by atoms with Gasteiger partial charge in [-0.25, -0.2) is 0 Å². The summed E-state index contributed by atoms with van der Waals surface area (Å²) in [6, 6.07) is 0. The molecule has 8 N–H and O–H groups in total. The van der Waals surface area contributed by atoms with Crippen LogP contribution in [0, 0.1) is 0 Å². The lowest BCUT2D eigenvalue weighted by atomic mass is 10.2. The van der Waals surface area contributed by atoms with E-state index in [1.165, 1.54) is 90.4 Å². The molecule has 8 heteroatoms. The average Bonchev–Trinajstić information content (AvgIpc) is 2.85. The lowest BCUT2D eigenvalue weighted by Gasteiger charge is -2.09. The third kappa shape index (κ3) is 26.3. The van der Waals surface area contributed by atoms with E-state index in [1.807, 2.05) is 0 Å². The molecule has 0 saturated carbocycles. The van der Waals surface area contributed by atoms with Gasteiger partial charge in [-0.05, 0) is 169 Å². The van der Waals surface area contributed by atoms with E-state index in [0.717, 1.165) is 78.5 Å². The molecule has 2 aliphatic rings. The van der Waals surface area contributed by atoms with Crippen molar-refractivity contribution in [3.63, 3.8) is 0 Å². The zero-order chi connectivity index (χ0) is 24.0. The van der Waals surface area contributed by atoms with Crippen molar-refractivity contribution in [3.05, 3.63) is 0 Å². The van der Waals surface area contributed by atoms with Gasteiger partial charge >= 0.3 is 0 Å². The molecular formula is C26H60N8. The normalized spacial score (nSPS) is 24.0. The van der Waals surface area contributed by atoms with Crippen molar-refractivity contribution >= 4 is 0 Å². The Morgan fingerprint density at radius 2 is 0.265 bits per heavy atom. The largest absolute Gasteiger partial charge is 0.317 e. The van der Waals surface area contributed by atoms with Crippen molar-refractivity contribution in [3.8, 4) is 0 Å². The second kappa shape index (κ2) is 28.9. The summed E-state index contributed by atoms with van der Waals surface area (Å²) < 4.78 is 0. The van der Waals surface area contributed by atoms with E-state index in [-0.39, 0.29) is 0 Å². The molecule has 0 radical (unpaired) electrons. The summed E-state index contributed by atoms with van der Waals surface area (Å²) in [6.45, 7) is 18.5. The summed E-state index contributed by atoms with van der Waals surface area (Å²) in [4.78, 5) is 0. The smallest absolute Gasteiger partial charge is 0.00368 e. The van der Waals surface area contributed by atoms with Gasteiger partial charge in [-0.2, -0.15) is 0 Å². The molecule has 0 aromatic heterocycles. The van der Waals surface area contributed by atoms with E-state index < -0.39 is 0 Å². The van der Waals surface area contributed by atoms with E-state index >= 15 is 0 Å². The van der Waals surface area contributed by atoms with Crippen LogP contribution in [0.2, 0.25) is 0 Å². The molecule has 2 rings (SSSR count). The molecule has 2 heterocycles. The summed E-state index contributed by atoms with van der Waals surface area (Å²) in [5.41, 5.74) is 0. The minimum absolute atomic E-state index is 1.14. The highest BCUT2D eigenvalue weighted by molar-refractivity contribution is 4.59. The highest BCUT2D eigenvalue weighted by Crippen LogP contribution is 1.88. The minimum Gasteiger partial charge on any atom is -0.317 e. The van der Waals surface area contributed by atoms with Gasteiger partial charge in [0.25, 0.3) is 0 Å². The van der Waals surface area contributed by atoms with Gasteiger partial charge < -0.3 is 42.5 Å². The van der Waals surface area contributed by atoms with Crippen LogP contribution in [0.4, 0.5) is 0 Å². The Balaban J connectivity index is 0.000000342. The fourth-order valence-corrected chi connectivity index (χ4v) is 4.03. The first-order chi connectivity index (χ1) is 17.0. The molecule has 34 heavy (non-hydrogen) atoms. The molecule has 0 atom stereocenters. The Bertz CT molecular complexity index is 234. The van der Waals surface area contributed by atoms with Crippen LogP contribution in [0.5, 0.6) is 0 Å². The Labute approximate surface area is 211 Å². The van der Waals surface area contributed by atoms with Crippen molar-refractivity contribution in [2.75, 3.05) is 105 Å². The van der Waals surface area contributed by atoms with Crippen LogP contribution in [0.3, 0.4) is 0 Å². The maximum atomic E-state index is 3.51. The summed E-state index contributed by atoms with van der Waals surface area (Å²) in [5.74, 6) is 0. The fourth-order valence-electron chi connectivity index (χ4n) is 4.03. The molecule has 0 bridgehead atoms. The maximum absolute atomic E-state index is 3.51. The molecular weight excluding hydrogens is 424 g/mol. The molecule has 0 spiro atoms. The van der Waals surface area contributed by atoms with Gasteiger partial charge in [0.1, 0.15) is 0 Å². The highest BCUT2D eigenvalue weighted by atomic mass is 14.9. The van der Waals surface area contributed by atoms with E-state index in [0.29, 0.717) is 0 Å². The minimum atomic E-state index is 1.14. The van der Waals surface area contributed by atoms with Crippen molar-refractivity contribution in [2.45, 2.75) is 64.2 Å². The SMILES string of the molecule is C1CCNCCCNCCCCNCCCNC1.C1CNCCCNCCCNCCCNC1. The van der Waals surface area contributed by atoms with E-state index in [9.17, 15) is 0 Å². The van der Waals surface area contributed by atoms with Gasteiger partial charge in [-0.3, -0.25) is 0 Å². The van der Waals surface area contributed by atoms with Crippen LogP contribution in [-0.4, -0.2) is 105 Å². The Hall–Kier alpha value is -0.320. The molecule has 0 unspecified atom stereocenters. The molecule has 2 saturated heterocycles. The molecule has 0 aromatic carbocycles. The first-order valence-electron chi connectivity index (χ1n) is 14.7. The first kappa shape index (κ1) is 31.7. The van der Waals surface area contributed by atoms with Gasteiger partial charge in [-0.1, -0.05) is 0 Å². The topological polar surface area (TPSA) is 96.2 Å². The quantitative estimate of drug-likeness (QED) is 0.254. The van der Waals surface area contributed by atoms with Crippen LogP contribution < -0.4 is 42.5 Å². The van der Waals surface area contributed by atoms with Crippen LogP contribution >= 0.6 is 0 Å². The van der Waals surface area contributed by atoms with Crippen LogP contribution in [-0.2, 0) is 0 Å². The van der Waals surface area contributed by atoms with Crippen molar-refractivity contribution in [1.82, 2.24) is 42.5 Å². The van der Waals surface area contributed by atoms with Crippen LogP contribution in [0.15, 0.2) is 0 Å². The molecule has 204 valence electrons. The zero-order valence-corrected chi connectivity index (χ0v) is 22.4. The van der Waals surface area contributed by atoms with Crippen molar-refractivity contribution in [1.29, 1.82) is 0 Å². The molecule has 8 nitrogen and oxygen atoms in total. The standard InChI is InChI=1S/C14H32N4.C12H28N4/c1-2-8-16-12-6-14-18-10-4-3-9-17-13-5-11-15-7-1;1-5-13-7-2-9-15-11-4-12-16-10-3-8-14-6-1/h15-18H,1-14H2;13-16H,1-12H2. The van der Waals surface area contributed by atoms with Crippen molar-refractivity contribution < 1.29 is 0 Å². The molecule has 0 amide bonds. The van der Waals surface area contributed by atoms with Crippen molar-refractivity contribution in [2.24, 2.45) is 0 Å². The molecule has 2 aliphatic heterocycles. The van der Waals surface area contributed by atoms with E-state index in [2.05, 4.69) is 42.5 Å². The Kier molecular flexibility index (Phi) is 27.0. The second-order valence-electron chi connectivity index (χ2n) is 9.54. The third-order valence-electron chi connectivity index (χ3n) is 6.16.